The van der Waals surface area contributed by atoms with Gasteiger partial charge in [0.05, 0.1) is 11.6 Å². The van der Waals surface area contributed by atoms with E-state index in [1.54, 1.807) is 29.5 Å². The quantitative estimate of drug-likeness (QED) is 0.568. The lowest BCUT2D eigenvalue weighted by Crippen LogP contribution is -2.24. The molecular formula is C22H17ClFN3O2S. The van der Waals surface area contributed by atoms with Gasteiger partial charge in [-0.2, -0.15) is 0 Å². The zero-order chi connectivity index (χ0) is 20.8. The number of thiophene rings is 1. The van der Waals surface area contributed by atoms with Crippen molar-refractivity contribution in [3.8, 4) is 0 Å². The second-order valence-electron chi connectivity index (χ2n) is 7.27. The summed E-state index contributed by atoms with van der Waals surface area (Å²) in [7, 11) is 0. The van der Waals surface area contributed by atoms with Crippen molar-refractivity contribution in [1.82, 2.24) is 10.6 Å². The van der Waals surface area contributed by atoms with Gasteiger partial charge in [0.15, 0.2) is 0 Å². The van der Waals surface area contributed by atoms with E-state index in [-0.39, 0.29) is 11.8 Å². The molecule has 1 aromatic heterocycles. The number of anilines is 1. The van der Waals surface area contributed by atoms with Crippen LogP contribution < -0.4 is 16.0 Å². The lowest BCUT2D eigenvalue weighted by molar-refractivity contribution is 0.0959. The van der Waals surface area contributed by atoms with Gasteiger partial charge in [-0.15, -0.1) is 11.3 Å². The first-order chi connectivity index (χ1) is 14.5. The Labute approximate surface area is 181 Å². The molecular weight excluding hydrogens is 425 g/mol. The van der Waals surface area contributed by atoms with Gasteiger partial charge < -0.3 is 16.0 Å². The van der Waals surface area contributed by atoms with Gasteiger partial charge in [0.1, 0.15) is 5.82 Å². The summed E-state index contributed by atoms with van der Waals surface area (Å²) in [5.41, 5.74) is 3.72. The van der Waals surface area contributed by atoms with Crippen LogP contribution >= 0.6 is 22.9 Å². The van der Waals surface area contributed by atoms with Crippen LogP contribution in [0.15, 0.2) is 41.8 Å². The van der Waals surface area contributed by atoms with E-state index in [4.69, 9.17) is 11.6 Å². The summed E-state index contributed by atoms with van der Waals surface area (Å²) in [6.45, 7) is 1.61. The highest BCUT2D eigenvalue weighted by atomic mass is 35.5. The molecule has 8 heteroatoms. The molecule has 1 atom stereocenters. The molecule has 0 radical (unpaired) electrons. The minimum atomic E-state index is -0.646. The van der Waals surface area contributed by atoms with Gasteiger partial charge in [0.2, 0.25) is 0 Å². The van der Waals surface area contributed by atoms with Crippen molar-refractivity contribution in [1.29, 1.82) is 0 Å². The van der Waals surface area contributed by atoms with E-state index in [1.165, 1.54) is 23.1 Å². The summed E-state index contributed by atoms with van der Waals surface area (Å²) in [6, 6.07) is 8.55. The molecule has 2 aromatic carbocycles. The van der Waals surface area contributed by atoms with Crippen LogP contribution in [0.2, 0.25) is 5.02 Å². The van der Waals surface area contributed by atoms with Gasteiger partial charge in [-0.1, -0.05) is 17.7 Å². The van der Waals surface area contributed by atoms with Gasteiger partial charge in [-0.25, -0.2) is 4.39 Å². The van der Waals surface area contributed by atoms with Crippen molar-refractivity contribution in [2.24, 2.45) is 0 Å². The molecule has 30 heavy (non-hydrogen) atoms. The number of hydrogen-bond acceptors (Lipinski definition) is 4. The predicted octanol–water partition coefficient (Wildman–Crippen LogP) is 4.27. The summed E-state index contributed by atoms with van der Waals surface area (Å²) in [5.74, 6) is -0.950. The second kappa shape index (κ2) is 7.50. The highest BCUT2D eigenvalue weighted by Gasteiger charge is 2.34. The van der Waals surface area contributed by atoms with Crippen molar-refractivity contribution in [3.05, 3.63) is 85.3 Å². The SMILES string of the molecule is O=C(Nc1cccc2c1C(c1cc(F)ccc1Cl)NC2=O)c1csc2c1CCNC2. The fourth-order valence-electron chi connectivity index (χ4n) is 4.07. The zero-order valence-corrected chi connectivity index (χ0v) is 17.3. The third-order valence-corrected chi connectivity index (χ3v) is 6.87. The maximum absolute atomic E-state index is 13.9. The average molecular weight is 442 g/mol. The summed E-state index contributed by atoms with van der Waals surface area (Å²) < 4.78 is 13.9. The lowest BCUT2D eigenvalue weighted by atomic mass is 9.96. The Bertz CT molecular complexity index is 1190. The Balaban J connectivity index is 1.54. The van der Waals surface area contributed by atoms with E-state index < -0.39 is 11.9 Å². The van der Waals surface area contributed by atoms with Crippen LogP contribution in [0.5, 0.6) is 0 Å². The molecule has 5 nitrogen and oxygen atoms in total. The lowest BCUT2D eigenvalue weighted by Gasteiger charge is -2.18. The van der Waals surface area contributed by atoms with Crippen LogP contribution in [0.25, 0.3) is 0 Å². The normalized spacial score (nSPS) is 17.3. The first kappa shape index (κ1) is 19.2. The minimum Gasteiger partial charge on any atom is -0.341 e. The third-order valence-electron chi connectivity index (χ3n) is 5.49. The number of benzene rings is 2. The maximum atomic E-state index is 13.9. The Morgan fingerprint density at radius 1 is 1.27 bits per heavy atom. The molecule has 5 rings (SSSR count). The first-order valence-corrected chi connectivity index (χ1v) is 10.8. The molecule has 2 aliphatic heterocycles. The van der Waals surface area contributed by atoms with Gasteiger partial charge in [-0.3, -0.25) is 9.59 Å². The van der Waals surface area contributed by atoms with Gasteiger partial charge in [-0.05, 0) is 48.9 Å². The Morgan fingerprint density at radius 3 is 3.00 bits per heavy atom. The van der Waals surface area contributed by atoms with E-state index in [2.05, 4.69) is 16.0 Å². The van der Waals surface area contributed by atoms with Crippen LogP contribution in [0.1, 0.15) is 48.3 Å². The minimum absolute atomic E-state index is 0.216. The monoisotopic (exact) mass is 441 g/mol. The number of nitrogens with one attached hydrogen (secondary N) is 3. The molecule has 152 valence electrons. The van der Waals surface area contributed by atoms with Crippen LogP contribution in [0.4, 0.5) is 10.1 Å². The van der Waals surface area contributed by atoms with Gasteiger partial charge in [0.25, 0.3) is 11.8 Å². The average Bonchev–Trinajstić information content (AvgIpc) is 3.32. The second-order valence-corrected chi connectivity index (χ2v) is 8.64. The fourth-order valence-corrected chi connectivity index (χ4v) is 5.35. The van der Waals surface area contributed by atoms with Crippen LogP contribution in [0, 0.1) is 5.82 Å². The van der Waals surface area contributed by atoms with E-state index >= 15 is 0 Å². The molecule has 1 unspecified atom stereocenters. The van der Waals surface area contributed by atoms with E-state index in [0.29, 0.717) is 33.0 Å². The first-order valence-electron chi connectivity index (χ1n) is 9.53. The van der Waals surface area contributed by atoms with Crippen molar-refractivity contribution >= 4 is 40.4 Å². The summed E-state index contributed by atoms with van der Waals surface area (Å²) in [6.07, 6.45) is 0.802. The molecule has 3 N–H and O–H groups in total. The molecule has 3 aromatic rings. The Hall–Kier alpha value is -2.74. The summed E-state index contributed by atoms with van der Waals surface area (Å²) in [4.78, 5) is 26.8. The summed E-state index contributed by atoms with van der Waals surface area (Å²) >= 11 is 7.87. The molecule has 0 bridgehead atoms. The van der Waals surface area contributed by atoms with Gasteiger partial charge >= 0.3 is 0 Å². The highest BCUT2D eigenvalue weighted by Crippen LogP contribution is 2.39. The number of fused-ring (bicyclic) bond motifs is 2. The molecule has 0 saturated carbocycles. The molecule has 2 aliphatic rings. The number of halogens is 2. The standard InChI is InChI=1S/C22H17ClFN3O2S/c23-16-5-4-11(24)8-14(16)20-19-13(21(28)27-20)2-1-3-17(19)26-22(29)15-10-30-18-9-25-7-6-12(15)18/h1-5,8,10,20,25H,6-7,9H2,(H,26,29)(H,27,28). The number of amides is 2. The van der Waals surface area contributed by atoms with Crippen LogP contribution in [0.3, 0.4) is 0 Å². The summed E-state index contributed by atoms with van der Waals surface area (Å²) in [5, 5.41) is 11.3. The van der Waals surface area contributed by atoms with E-state index in [1.807, 2.05) is 5.38 Å². The topological polar surface area (TPSA) is 70.2 Å². The molecule has 0 aliphatic carbocycles. The van der Waals surface area contributed by atoms with Crippen molar-refractivity contribution in [2.75, 3.05) is 11.9 Å². The van der Waals surface area contributed by atoms with Crippen molar-refractivity contribution in [3.63, 3.8) is 0 Å². The number of hydrogen-bond donors (Lipinski definition) is 3. The highest BCUT2D eigenvalue weighted by molar-refractivity contribution is 7.10. The van der Waals surface area contributed by atoms with Crippen LogP contribution in [-0.4, -0.2) is 18.4 Å². The van der Waals surface area contributed by atoms with Gasteiger partial charge in [0, 0.05) is 44.2 Å². The van der Waals surface area contributed by atoms with E-state index in [0.717, 1.165) is 25.1 Å². The van der Waals surface area contributed by atoms with Crippen molar-refractivity contribution in [2.45, 2.75) is 19.0 Å². The van der Waals surface area contributed by atoms with E-state index in [9.17, 15) is 14.0 Å². The zero-order valence-electron chi connectivity index (χ0n) is 15.7. The molecule has 0 spiro atoms. The molecule has 0 fully saturated rings. The number of carbonyl (C=O) groups is 2. The molecule has 3 heterocycles. The fraction of sp³-hybridized carbons (Fsp3) is 0.182. The van der Waals surface area contributed by atoms with Crippen molar-refractivity contribution < 1.29 is 14.0 Å². The Kier molecular flexibility index (Phi) is 4.81. The molecule has 0 saturated heterocycles. The number of carbonyl (C=O) groups excluding carboxylic acids is 2. The third kappa shape index (κ3) is 3.19. The predicted molar refractivity (Wildman–Crippen MR) is 115 cm³/mol. The number of rotatable bonds is 3. The maximum Gasteiger partial charge on any atom is 0.256 e. The van der Waals surface area contributed by atoms with Crippen LogP contribution in [-0.2, 0) is 13.0 Å². The largest absolute Gasteiger partial charge is 0.341 e. The smallest absolute Gasteiger partial charge is 0.256 e. The Morgan fingerprint density at radius 2 is 2.13 bits per heavy atom. The molecule has 2 amide bonds.